The highest BCUT2D eigenvalue weighted by molar-refractivity contribution is 7.21. The first-order chi connectivity index (χ1) is 11.1. The summed E-state index contributed by atoms with van der Waals surface area (Å²) >= 11 is 7.16. The van der Waals surface area contributed by atoms with Crippen molar-refractivity contribution in [1.82, 2.24) is 4.98 Å². The van der Waals surface area contributed by atoms with Crippen LogP contribution in [0.15, 0.2) is 85.1 Å². The predicted molar refractivity (Wildman–Crippen MR) is 100 cm³/mol. The van der Waals surface area contributed by atoms with Gasteiger partial charge in [0.2, 0.25) is 0 Å². The largest absolute Gasteiger partial charge is 0.260 e. The summed E-state index contributed by atoms with van der Waals surface area (Å²) in [5, 5.41) is -0.391. The van der Waals surface area contributed by atoms with Gasteiger partial charge >= 0.3 is 0 Å². The summed E-state index contributed by atoms with van der Waals surface area (Å²) in [6, 6.07) is 27.1. The molecule has 1 aromatic heterocycles. The third-order valence-corrected chi connectivity index (χ3v) is 7.82. The molecular formula is C20H20ClNSi. The van der Waals surface area contributed by atoms with Crippen LogP contribution in [0.25, 0.3) is 0 Å². The maximum atomic E-state index is 7.16. The van der Waals surface area contributed by atoms with Gasteiger partial charge in [-0.3, -0.25) is 4.98 Å². The Hall–Kier alpha value is -1.90. The van der Waals surface area contributed by atoms with Gasteiger partial charge in [0.1, 0.15) is 0 Å². The lowest BCUT2D eigenvalue weighted by atomic mass is 9.86. The number of hydrogen-bond acceptors (Lipinski definition) is 1. The first-order valence-corrected chi connectivity index (χ1v) is 11.8. The summed E-state index contributed by atoms with van der Waals surface area (Å²) < 4.78 is 0. The summed E-state index contributed by atoms with van der Waals surface area (Å²) in [5.41, 5.74) is 3.43. The zero-order chi connectivity index (χ0) is 16.3. The molecular weight excluding hydrogens is 318 g/mol. The zero-order valence-electron chi connectivity index (χ0n) is 13.4. The van der Waals surface area contributed by atoms with Crippen molar-refractivity contribution in [2.24, 2.45) is 0 Å². The van der Waals surface area contributed by atoms with Gasteiger partial charge in [-0.25, -0.2) is 0 Å². The molecule has 0 aliphatic rings. The Bertz CT molecular complexity index is 655. The Balaban J connectivity index is 2.41. The summed E-state index contributed by atoms with van der Waals surface area (Å²) in [5.74, 6) is 0. The number of rotatable bonds is 4. The van der Waals surface area contributed by atoms with Crippen LogP contribution in [0.2, 0.25) is 13.1 Å². The second-order valence-corrected chi connectivity index (χ2v) is 12.7. The maximum Gasteiger partial charge on any atom is 0.171 e. The van der Waals surface area contributed by atoms with Crippen LogP contribution in [0.5, 0.6) is 0 Å². The van der Waals surface area contributed by atoms with E-state index in [4.69, 9.17) is 16.1 Å². The molecule has 0 fully saturated rings. The highest BCUT2D eigenvalue weighted by Gasteiger charge is 2.51. The van der Waals surface area contributed by atoms with Crippen molar-refractivity contribution in [3.05, 3.63) is 102 Å². The fourth-order valence-electron chi connectivity index (χ4n) is 3.41. The molecule has 116 valence electrons. The van der Waals surface area contributed by atoms with Gasteiger partial charge in [-0.15, -0.1) is 0 Å². The van der Waals surface area contributed by atoms with Gasteiger partial charge in [0, 0.05) is 6.20 Å². The van der Waals surface area contributed by atoms with E-state index >= 15 is 0 Å². The number of aromatic nitrogens is 1. The summed E-state index contributed by atoms with van der Waals surface area (Å²) in [6.45, 7) is 4.40. The van der Waals surface area contributed by atoms with Crippen LogP contribution in [0.4, 0.5) is 0 Å². The van der Waals surface area contributed by atoms with Crippen molar-refractivity contribution in [2.75, 3.05) is 0 Å². The molecule has 3 heteroatoms. The zero-order valence-corrected chi connectivity index (χ0v) is 15.2. The van der Waals surface area contributed by atoms with Crippen LogP contribution in [-0.2, 0) is 5.04 Å². The molecule has 1 nitrogen and oxygen atoms in total. The van der Waals surface area contributed by atoms with Crippen molar-refractivity contribution in [1.29, 1.82) is 0 Å². The minimum Gasteiger partial charge on any atom is -0.260 e. The molecule has 0 bridgehead atoms. The highest BCUT2D eigenvalue weighted by Crippen LogP contribution is 2.47. The topological polar surface area (TPSA) is 12.9 Å². The number of pyridine rings is 1. The van der Waals surface area contributed by atoms with Crippen LogP contribution < -0.4 is 0 Å². The van der Waals surface area contributed by atoms with E-state index in [-0.39, 0.29) is 0 Å². The molecule has 0 N–H and O–H groups in total. The molecule has 0 unspecified atom stereocenters. The first kappa shape index (κ1) is 16.0. The Morgan fingerprint density at radius 1 is 0.739 bits per heavy atom. The summed E-state index contributed by atoms with van der Waals surface area (Å²) in [4.78, 5) is 4.72. The van der Waals surface area contributed by atoms with Crippen molar-refractivity contribution in [2.45, 2.75) is 18.1 Å². The quantitative estimate of drug-likeness (QED) is 0.459. The van der Waals surface area contributed by atoms with E-state index in [9.17, 15) is 0 Å². The van der Waals surface area contributed by atoms with Gasteiger partial charge in [0.25, 0.3) is 0 Å². The summed E-state index contributed by atoms with van der Waals surface area (Å²) in [7, 11) is -2.25. The van der Waals surface area contributed by atoms with Crippen LogP contribution in [0.1, 0.15) is 16.8 Å². The predicted octanol–water partition coefficient (Wildman–Crippen LogP) is 5.40. The Morgan fingerprint density at radius 3 is 1.61 bits per heavy atom. The van der Waals surface area contributed by atoms with Crippen LogP contribution in [-0.4, -0.2) is 12.4 Å². The molecule has 1 heterocycles. The van der Waals surface area contributed by atoms with E-state index in [0.717, 1.165) is 5.69 Å². The minimum absolute atomic E-state index is 0.391. The van der Waals surface area contributed by atoms with Gasteiger partial charge in [0.05, 0.1) is 10.7 Å². The second-order valence-electron chi connectivity index (χ2n) is 6.17. The third kappa shape index (κ3) is 2.73. The number of halogens is 1. The lowest BCUT2D eigenvalue weighted by molar-refractivity contribution is 0.801. The van der Waals surface area contributed by atoms with E-state index in [1.807, 2.05) is 30.5 Å². The van der Waals surface area contributed by atoms with Crippen LogP contribution >= 0.6 is 11.1 Å². The van der Waals surface area contributed by atoms with Gasteiger partial charge < -0.3 is 0 Å². The molecule has 0 spiro atoms. The average molecular weight is 338 g/mol. The van der Waals surface area contributed by atoms with E-state index in [2.05, 4.69) is 67.7 Å². The Morgan fingerprint density at radius 2 is 1.22 bits per heavy atom. The van der Waals surface area contributed by atoms with Crippen molar-refractivity contribution < 1.29 is 0 Å². The monoisotopic (exact) mass is 337 g/mol. The standard InChI is InChI=1S/C20H20ClNSi/c1-23(2,21)20(17-11-5-3-6-12-17,18-13-7-4-8-14-18)19-15-9-10-16-22-19/h3-16H,1-2H3. The normalized spacial score (nSPS) is 12.1. The minimum atomic E-state index is -2.25. The lowest BCUT2D eigenvalue weighted by Crippen LogP contribution is -2.50. The fourth-order valence-corrected chi connectivity index (χ4v) is 6.82. The van der Waals surface area contributed by atoms with E-state index < -0.39 is 12.4 Å². The van der Waals surface area contributed by atoms with Crippen LogP contribution in [0, 0.1) is 0 Å². The van der Waals surface area contributed by atoms with Crippen molar-refractivity contribution in [3.8, 4) is 0 Å². The first-order valence-electron chi connectivity index (χ1n) is 7.78. The molecule has 23 heavy (non-hydrogen) atoms. The molecule has 3 aromatic rings. The summed E-state index contributed by atoms with van der Waals surface area (Å²) in [6.07, 6.45) is 1.85. The number of hydrogen-bond donors (Lipinski definition) is 0. The van der Waals surface area contributed by atoms with E-state index in [1.54, 1.807) is 0 Å². The lowest BCUT2D eigenvalue weighted by Gasteiger charge is -2.42. The molecule has 3 rings (SSSR count). The molecule has 0 amide bonds. The van der Waals surface area contributed by atoms with E-state index in [0.29, 0.717) is 0 Å². The van der Waals surface area contributed by atoms with Crippen molar-refractivity contribution in [3.63, 3.8) is 0 Å². The number of benzene rings is 2. The van der Waals surface area contributed by atoms with Gasteiger partial charge in [0.15, 0.2) is 7.38 Å². The SMILES string of the molecule is C[Si](C)(Cl)C(c1ccccc1)(c1ccccc1)c1ccccn1. The average Bonchev–Trinajstić information content (AvgIpc) is 2.57. The Kier molecular flexibility index (Phi) is 4.38. The third-order valence-electron chi connectivity index (χ3n) is 4.35. The molecule has 0 atom stereocenters. The fraction of sp³-hybridized carbons (Fsp3) is 0.150. The molecule has 0 saturated carbocycles. The molecule has 2 aromatic carbocycles. The van der Waals surface area contributed by atoms with Gasteiger partial charge in [-0.1, -0.05) is 79.8 Å². The van der Waals surface area contributed by atoms with Gasteiger partial charge in [-0.2, -0.15) is 11.1 Å². The maximum absolute atomic E-state index is 7.16. The van der Waals surface area contributed by atoms with Crippen molar-refractivity contribution >= 4 is 18.5 Å². The molecule has 0 aliphatic carbocycles. The highest BCUT2D eigenvalue weighted by atomic mass is 35.6. The van der Waals surface area contributed by atoms with E-state index in [1.165, 1.54) is 11.1 Å². The van der Waals surface area contributed by atoms with Gasteiger partial charge in [-0.05, 0) is 23.3 Å². The molecule has 0 radical (unpaired) electrons. The number of nitrogens with zero attached hydrogens (tertiary/aromatic N) is 1. The van der Waals surface area contributed by atoms with Crippen LogP contribution in [0.3, 0.4) is 0 Å². The smallest absolute Gasteiger partial charge is 0.171 e. The Labute approximate surface area is 143 Å². The molecule has 0 saturated heterocycles. The molecule has 0 aliphatic heterocycles. The second kappa shape index (κ2) is 6.30.